The number of anilines is 2. The Balaban J connectivity index is 1.70. The number of esters is 1. The van der Waals surface area contributed by atoms with Crippen LogP contribution in [0.4, 0.5) is 11.4 Å². The van der Waals surface area contributed by atoms with E-state index in [4.69, 9.17) is 14.2 Å². The lowest BCUT2D eigenvalue weighted by Crippen LogP contribution is -2.28. The highest BCUT2D eigenvalue weighted by Gasteiger charge is 2.23. The van der Waals surface area contributed by atoms with Crippen LogP contribution in [0.2, 0.25) is 0 Å². The second kappa shape index (κ2) is 9.67. The van der Waals surface area contributed by atoms with Crippen LogP contribution in [0.5, 0.6) is 5.75 Å². The van der Waals surface area contributed by atoms with Gasteiger partial charge in [-0.25, -0.2) is 4.79 Å². The van der Waals surface area contributed by atoms with E-state index < -0.39 is 6.10 Å². The first kappa shape index (κ1) is 22.2. The number of carbonyl (C=O) groups is 1. The molecule has 1 heterocycles. The first-order valence-electron chi connectivity index (χ1n) is 10.6. The van der Waals surface area contributed by atoms with Gasteiger partial charge in [0.05, 0.1) is 25.6 Å². The van der Waals surface area contributed by atoms with Crippen molar-refractivity contribution in [3.05, 3.63) is 66.2 Å². The Kier molecular flexibility index (Phi) is 6.72. The minimum absolute atomic E-state index is 0.365. The molecule has 0 N–H and O–H groups in total. The number of ether oxygens (including phenoxy) is 3. The van der Waals surface area contributed by atoms with Crippen molar-refractivity contribution in [3.8, 4) is 16.9 Å². The fraction of sp³-hybridized carbons (Fsp3) is 0.269. The van der Waals surface area contributed by atoms with Crippen molar-refractivity contribution >= 4 is 29.1 Å². The van der Waals surface area contributed by atoms with Gasteiger partial charge in [-0.1, -0.05) is 36.0 Å². The van der Waals surface area contributed by atoms with E-state index in [1.165, 1.54) is 22.6 Å². The summed E-state index contributed by atoms with van der Waals surface area (Å²) in [5.74, 6) is 0.418. The maximum absolute atomic E-state index is 12.1. The monoisotopic (exact) mass is 449 g/mol. The van der Waals surface area contributed by atoms with E-state index in [2.05, 4.69) is 60.5 Å². The Morgan fingerprint density at radius 1 is 1.00 bits per heavy atom. The molecule has 0 spiro atoms. The summed E-state index contributed by atoms with van der Waals surface area (Å²) in [7, 11) is 5.15. The number of benzene rings is 3. The number of hydrogen-bond acceptors (Lipinski definition) is 6. The number of fused-ring (bicyclic) bond motifs is 2. The van der Waals surface area contributed by atoms with Gasteiger partial charge in [-0.15, -0.1) is 0 Å². The van der Waals surface area contributed by atoms with Crippen LogP contribution in [0.15, 0.2) is 70.5 Å². The van der Waals surface area contributed by atoms with Gasteiger partial charge in [-0.3, -0.25) is 0 Å². The molecule has 0 aromatic heterocycles. The molecule has 32 heavy (non-hydrogen) atoms. The fourth-order valence-electron chi connectivity index (χ4n) is 3.97. The summed E-state index contributed by atoms with van der Waals surface area (Å²) >= 11 is 1.78. The predicted molar refractivity (Wildman–Crippen MR) is 128 cm³/mol. The molecule has 0 saturated carbocycles. The summed E-state index contributed by atoms with van der Waals surface area (Å²) in [6.45, 7) is 2.31. The zero-order valence-corrected chi connectivity index (χ0v) is 19.6. The first-order chi connectivity index (χ1) is 15.5. The van der Waals surface area contributed by atoms with Gasteiger partial charge < -0.3 is 19.1 Å². The Bertz CT molecular complexity index is 1130. The van der Waals surface area contributed by atoms with Gasteiger partial charge in [0, 0.05) is 35.4 Å². The van der Waals surface area contributed by atoms with Gasteiger partial charge in [0.2, 0.25) is 0 Å². The van der Waals surface area contributed by atoms with E-state index in [0.29, 0.717) is 13.0 Å². The van der Waals surface area contributed by atoms with Crippen LogP contribution in [0, 0.1) is 0 Å². The van der Waals surface area contributed by atoms with Crippen molar-refractivity contribution < 1.29 is 19.0 Å². The molecule has 166 valence electrons. The van der Waals surface area contributed by atoms with Crippen molar-refractivity contribution in [2.24, 2.45) is 0 Å². The van der Waals surface area contributed by atoms with E-state index >= 15 is 0 Å². The SMILES string of the molecule is CCOC(Cc1ccc(OC)c(-c2ccc3c(c2)N(C)c2ccccc2S3)c1)C(=O)OC. The third-order valence-corrected chi connectivity index (χ3v) is 6.73. The van der Waals surface area contributed by atoms with Crippen LogP contribution in [-0.4, -0.2) is 39.9 Å². The average Bonchev–Trinajstić information content (AvgIpc) is 2.83. The largest absolute Gasteiger partial charge is 0.496 e. The van der Waals surface area contributed by atoms with E-state index in [0.717, 1.165) is 28.1 Å². The molecule has 3 aromatic rings. The molecule has 0 fully saturated rings. The second-order valence-corrected chi connectivity index (χ2v) is 8.60. The highest BCUT2D eigenvalue weighted by Crippen LogP contribution is 2.48. The summed E-state index contributed by atoms with van der Waals surface area (Å²) < 4.78 is 16.2. The van der Waals surface area contributed by atoms with Gasteiger partial charge >= 0.3 is 5.97 Å². The van der Waals surface area contributed by atoms with E-state index in [-0.39, 0.29) is 5.97 Å². The van der Waals surface area contributed by atoms with Crippen LogP contribution in [0.1, 0.15) is 12.5 Å². The third-order valence-electron chi connectivity index (χ3n) is 5.59. The molecule has 4 rings (SSSR count). The Morgan fingerprint density at radius 3 is 2.53 bits per heavy atom. The summed E-state index contributed by atoms with van der Waals surface area (Å²) in [6.07, 6.45) is -0.195. The zero-order chi connectivity index (χ0) is 22.7. The van der Waals surface area contributed by atoms with Gasteiger partial charge in [0.15, 0.2) is 6.10 Å². The number of para-hydroxylation sites is 1. The van der Waals surface area contributed by atoms with E-state index in [1.807, 2.05) is 19.1 Å². The Morgan fingerprint density at radius 2 is 1.78 bits per heavy atom. The van der Waals surface area contributed by atoms with Gasteiger partial charge in [0.1, 0.15) is 5.75 Å². The van der Waals surface area contributed by atoms with E-state index in [9.17, 15) is 4.79 Å². The molecule has 1 unspecified atom stereocenters. The molecule has 1 aliphatic rings. The summed E-state index contributed by atoms with van der Waals surface area (Å²) in [5, 5.41) is 0. The zero-order valence-electron chi connectivity index (χ0n) is 18.8. The molecule has 5 nitrogen and oxygen atoms in total. The van der Waals surface area contributed by atoms with Crippen molar-refractivity contribution in [3.63, 3.8) is 0 Å². The second-order valence-electron chi connectivity index (χ2n) is 7.52. The molecule has 1 aliphatic heterocycles. The highest BCUT2D eigenvalue weighted by molar-refractivity contribution is 7.99. The van der Waals surface area contributed by atoms with Crippen LogP contribution in [0.25, 0.3) is 11.1 Å². The van der Waals surface area contributed by atoms with Crippen LogP contribution >= 0.6 is 11.8 Å². The average molecular weight is 450 g/mol. The molecule has 6 heteroatoms. The van der Waals surface area contributed by atoms with Crippen molar-refractivity contribution in [2.45, 2.75) is 29.2 Å². The molecular weight excluding hydrogens is 422 g/mol. The molecule has 0 bridgehead atoms. The fourth-order valence-corrected chi connectivity index (χ4v) is 5.10. The number of nitrogens with zero attached hydrogens (tertiary/aromatic N) is 1. The molecule has 0 aliphatic carbocycles. The smallest absolute Gasteiger partial charge is 0.335 e. The lowest BCUT2D eigenvalue weighted by atomic mass is 9.98. The quantitative estimate of drug-likeness (QED) is 0.430. The van der Waals surface area contributed by atoms with Crippen LogP contribution in [0.3, 0.4) is 0 Å². The number of hydrogen-bond donors (Lipinski definition) is 0. The molecule has 3 aromatic carbocycles. The maximum Gasteiger partial charge on any atom is 0.335 e. The molecule has 0 radical (unpaired) electrons. The normalized spacial score (nSPS) is 13.2. The number of methoxy groups -OCH3 is 2. The van der Waals surface area contributed by atoms with Crippen LogP contribution < -0.4 is 9.64 Å². The van der Waals surface area contributed by atoms with Crippen LogP contribution in [-0.2, 0) is 20.7 Å². The summed E-state index contributed by atoms with van der Waals surface area (Å²) in [5.41, 5.74) is 5.36. The van der Waals surface area contributed by atoms with Crippen molar-refractivity contribution in [1.29, 1.82) is 0 Å². The minimum atomic E-state index is -0.631. The number of carbonyl (C=O) groups excluding carboxylic acids is 1. The lowest BCUT2D eigenvalue weighted by molar-refractivity contribution is -0.153. The molecular formula is C26H27NO4S. The first-order valence-corrected chi connectivity index (χ1v) is 11.4. The summed E-state index contributed by atoms with van der Waals surface area (Å²) in [6, 6.07) is 20.9. The minimum Gasteiger partial charge on any atom is -0.496 e. The van der Waals surface area contributed by atoms with Gasteiger partial charge in [0.25, 0.3) is 0 Å². The van der Waals surface area contributed by atoms with Gasteiger partial charge in [-0.05, 0) is 54.4 Å². The highest BCUT2D eigenvalue weighted by atomic mass is 32.2. The standard InChI is InChI=1S/C26H27NO4S/c1-5-31-23(26(28)30-4)15-17-10-12-22(29-3)19(14-17)18-11-13-25-21(16-18)27(2)20-8-6-7-9-24(20)32-25/h6-14,16,23H,5,15H2,1-4H3. The molecule has 0 amide bonds. The summed E-state index contributed by atoms with van der Waals surface area (Å²) in [4.78, 5) is 16.8. The van der Waals surface area contributed by atoms with Crippen molar-refractivity contribution in [1.82, 2.24) is 0 Å². The lowest BCUT2D eigenvalue weighted by Gasteiger charge is -2.30. The van der Waals surface area contributed by atoms with Crippen molar-refractivity contribution in [2.75, 3.05) is 32.8 Å². The predicted octanol–water partition coefficient (Wildman–Crippen LogP) is 5.72. The number of rotatable bonds is 7. The molecule has 1 atom stereocenters. The Labute approximate surface area is 193 Å². The van der Waals surface area contributed by atoms with E-state index in [1.54, 1.807) is 18.9 Å². The Hall–Kier alpha value is -2.96. The third kappa shape index (κ3) is 4.33. The van der Waals surface area contributed by atoms with Gasteiger partial charge in [-0.2, -0.15) is 0 Å². The topological polar surface area (TPSA) is 48.0 Å². The molecule has 0 saturated heterocycles. The maximum atomic E-state index is 12.1.